The van der Waals surface area contributed by atoms with Crippen molar-refractivity contribution in [1.82, 2.24) is 0 Å². The molecule has 21 heavy (non-hydrogen) atoms. The lowest BCUT2D eigenvalue weighted by molar-refractivity contribution is 0.0661. The number of carbonyl (C=O) groups is 1. The molecule has 1 aromatic heterocycles. The maximum Gasteiger partial charge on any atom is 0.372 e. The Labute approximate surface area is 113 Å². The van der Waals surface area contributed by atoms with Crippen LogP contribution >= 0.6 is 0 Å². The maximum absolute atomic E-state index is 13.4. The molecule has 0 bridgehead atoms. The first-order valence-electron chi connectivity index (χ1n) is 5.39. The largest absolute Gasteiger partial charge is 0.475 e. The lowest BCUT2D eigenvalue weighted by Gasteiger charge is -2.10. The van der Waals surface area contributed by atoms with Crippen molar-refractivity contribution in [3.05, 3.63) is 52.7 Å². The molecule has 1 aromatic carbocycles. The summed E-state index contributed by atoms with van der Waals surface area (Å²) in [5, 5.41) is 10.7. The molecule has 112 valence electrons. The van der Waals surface area contributed by atoms with Gasteiger partial charge >= 0.3 is 5.97 Å². The average Bonchev–Trinajstić information content (AvgIpc) is 2.91. The maximum atomic E-state index is 13.4. The zero-order valence-electron chi connectivity index (χ0n) is 10.0. The quantitative estimate of drug-likeness (QED) is 0.517. The number of benzene rings is 1. The van der Waals surface area contributed by atoms with Gasteiger partial charge in [-0.05, 0) is 6.07 Å². The lowest BCUT2D eigenvalue weighted by atomic mass is 10.2. The number of anilines is 1. The smallest absolute Gasteiger partial charge is 0.372 e. The predicted octanol–water partition coefficient (Wildman–Crippen LogP) is 3.29. The predicted molar refractivity (Wildman–Crippen MR) is 59.2 cm³/mol. The molecule has 0 radical (unpaired) electrons. The van der Waals surface area contributed by atoms with Gasteiger partial charge in [-0.15, -0.1) is 0 Å². The second-order valence-electron chi connectivity index (χ2n) is 3.88. The van der Waals surface area contributed by atoms with E-state index in [0.717, 1.165) is 6.26 Å². The van der Waals surface area contributed by atoms with E-state index in [9.17, 15) is 26.7 Å². The first-order chi connectivity index (χ1) is 9.84. The van der Waals surface area contributed by atoms with Gasteiger partial charge in [0.05, 0.1) is 6.26 Å². The van der Waals surface area contributed by atoms with E-state index in [1.54, 1.807) is 0 Å². The lowest BCUT2D eigenvalue weighted by Crippen LogP contribution is -2.11. The summed E-state index contributed by atoms with van der Waals surface area (Å²) in [6.45, 7) is -0.503. The van der Waals surface area contributed by atoms with Crippen LogP contribution < -0.4 is 5.32 Å². The van der Waals surface area contributed by atoms with Gasteiger partial charge in [-0.25, -0.2) is 26.7 Å². The fourth-order valence-corrected chi connectivity index (χ4v) is 1.61. The van der Waals surface area contributed by atoms with Crippen LogP contribution in [0.15, 0.2) is 16.7 Å². The number of hydrogen-bond acceptors (Lipinski definition) is 3. The molecule has 4 nitrogen and oxygen atoms in total. The van der Waals surface area contributed by atoms with Gasteiger partial charge in [0.2, 0.25) is 11.6 Å². The van der Waals surface area contributed by atoms with Crippen molar-refractivity contribution in [2.24, 2.45) is 0 Å². The van der Waals surface area contributed by atoms with Crippen LogP contribution in [0.2, 0.25) is 0 Å². The van der Waals surface area contributed by atoms with E-state index < -0.39 is 53.0 Å². The Kier molecular flexibility index (Phi) is 3.83. The summed E-state index contributed by atoms with van der Waals surface area (Å²) in [5.41, 5.74) is -1.27. The molecule has 9 heteroatoms. The van der Waals surface area contributed by atoms with E-state index >= 15 is 0 Å². The molecule has 0 saturated heterocycles. The minimum absolute atomic E-state index is 0.0218. The van der Waals surface area contributed by atoms with Crippen LogP contribution in [0.25, 0.3) is 0 Å². The van der Waals surface area contributed by atoms with Crippen LogP contribution in [-0.2, 0) is 6.54 Å². The number of nitrogens with one attached hydrogen (secondary N) is 1. The Balaban J connectivity index is 2.33. The Hall–Kier alpha value is -2.58. The van der Waals surface area contributed by atoms with E-state index in [4.69, 9.17) is 5.11 Å². The number of carboxylic acids is 1. The number of furan rings is 1. The van der Waals surface area contributed by atoms with Crippen LogP contribution in [0.4, 0.5) is 27.6 Å². The molecular formula is C12H6F5NO3. The van der Waals surface area contributed by atoms with Crippen molar-refractivity contribution in [3.63, 3.8) is 0 Å². The summed E-state index contributed by atoms with van der Waals surface area (Å²) >= 11 is 0. The number of aromatic carboxylic acids is 1. The van der Waals surface area contributed by atoms with Crippen molar-refractivity contribution in [2.75, 3.05) is 5.32 Å². The molecule has 0 aliphatic heterocycles. The van der Waals surface area contributed by atoms with Crippen molar-refractivity contribution in [2.45, 2.75) is 6.54 Å². The molecule has 0 aliphatic rings. The van der Waals surface area contributed by atoms with Crippen molar-refractivity contribution in [3.8, 4) is 0 Å². The normalized spacial score (nSPS) is 10.7. The summed E-state index contributed by atoms with van der Waals surface area (Å²) in [6.07, 6.45) is 1.01. The fraction of sp³-hybridized carbons (Fsp3) is 0.0833. The van der Waals surface area contributed by atoms with Crippen LogP contribution in [0.1, 0.15) is 16.1 Å². The zero-order chi connectivity index (χ0) is 15.7. The zero-order valence-corrected chi connectivity index (χ0v) is 10.0. The topological polar surface area (TPSA) is 62.5 Å². The third kappa shape index (κ3) is 2.54. The monoisotopic (exact) mass is 307 g/mol. The summed E-state index contributed by atoms with van der Waals surface area (Å²) in [7, 11) is 0. The molecule has 0 fully saturated rings. The molecule has 1 heterocycles. The van der Waals surface area contributed by atoms with Crippen molar-refractivity contribution in [1.29, 1.82) is 0 Å². The summed E-state index contributed by atoms with van der Waals surface area (Å²) in [5.74, 6) is -12.5. The molecule has 2 rings (SSSR count). The second-order valence-corrected chi connectivity index (χ2v) is 3.88. The molecule has 0 aliphatic carbocycles. The van der Waals surface area contributed by atoms with Crippen LogP contribution in [0.5, 0.6) is 0 Å². The molecule has 2 aromatic rings. The van der Waals surface area contributed by atoms with Crippen molar-refractivity contribution < 1.29 is 36.3 Å². The third-order valence-corrected chi connectivity index (χ3v) is 2.61. The van der Waals surface area contributed by atoms with E-state index in [-0.39, 0.29) is 5.56 Å². The van der Waals surface area contributed by atoms with E-state index in [0.29, 0.717) is 0 Å². The molecule has 0 spiro atoms. The standard InChI is InChI=1S/C12H6F5NO3/c13-5-6(14)8(16)10(9(17)7(5)15)18-3-4-1-2-21-11(4)12(19)20/h1-2,18H,3H2,(H,19,20). The highest BCUT2D eigenvalue weighted by molar-refractivity contribution is 5.86. The Morgan fingerprint density at radius 2 is 1.57 bits per heavy atom. The van der Waals surface area contributed by atoms with Crippen molar-refractivity contribution >= 4 is 11.7 Å². The van der Waals surface area contributed by atoms with Crippen LogP contribution in [-0.4, -0.2) is 11.1 Å². The van der Waals surface area contributed by atoms with E-state index in [1.165, 1.54) is 6.07 Å². The molecule has 0 atom stereocenters. The second kappa shape index (κ2) is 5.43. The van der Waals surface area contributed by atoms with Gasteiger partial charge < -0.3 is 14.8 Å². The molecule has 0 unspecified atom stereocenters. The molecule has 0 saturated carbocycles. The number of halogens is 5. The molecule has 0 amide bonds. The first kappa shape index (κ1) is 14.8. The highest BCUT2D eigenvalue weighted by Crippen LogP contribution is 2.27. The summed E-state index contributed by atoms with van der Waals surface area (Å²) in [6, 6.07) is 1.18. The fourth-order valence-electron chi connectivity index (χ4n) is 1.61. The molecule has 2 N–H and O–H groups in total. The van der Waals surface area contributed by atoms with Gasteiger partial charge in [0.1, 0.15) is 5.69 Å². The van der Waals surface area contributed by atoms with Gasteiger partial charge in [-0.1, -0.05) is 0 Å². The molecular weight excluding hydrogens is 301 g/mol. The average molecular weight is 307 g/mol. The summed E-state index contributed by atoms with van der Waals surface area (Å²) in [4.78, 5) is 10.7. The van der Waals surface area contributed by atoms with E-state index in [1.807, 2.05) is 5.32 Å². The third-order valence-electron chi connectivity index (χ3n) is 2.61. The van der Waals surface area contributed by atoms with Crippen LogP contribution in [0.3, 0.4) is 0 Å². The number of carboxylic acid groups (broad SMARTS) is 1. The summed E-state index contributed by atoms with van der Waals surface area (Å²) < 4.78 is 70.1. The Bertz CT molecular complexity index is 684. The number of hydrogen-bond donors (Lipinski definition) is 2. The van der Waals surface area contributed by atoms with Gasteiger partial charge in [-0.2, -0.15) is 0 Å². The minimum atomic E-state index is -2.27. The minimum Gasteiger partial charge on any atom is -0.475 e. The Morgan fingerprint density at radius 1 is 1.05 bits per heavy atom. The highest BCUT2D eigenvalue weighted by atomic mass is 19.2. The highest BCUT2D eigenvalue weighted by Gasteiger charge is 2.26. The first-order valence-corrected chi connectivity index (χ1v) is 5.39. The van der Waals surface area contributed by atoms with Gasteiger partial charge in [0.15, 0.2) is 23.3 Å². The Morgan fingerprint density at radius 3 is 2.10 bits per heavy atom. The van der Waals surface area contributed by atoms with Gasteiger partial charge in [0, 0.05) is 12.1 Å². The van der Waals surface area contributed by atoms with E-state index in [2.05, 4.69) is 4.42 Å². The van der Waals surface area contributed by atoms with Gasteiger partial charge in [0.25, 0.3) is 0 Å². The van der Waals surface area contributed by atoms with Crippen LogP contribution in [0, 0.1) is 29.1 Å². The SMILES string of the molecule is O=C(O)c1occc1CNc1c(F)c(F)c(F)c(F)c1F. The van der Waals surface area contributed by atoms with Gasteiger partial charge in [-0.3, -0.25) is 0 Å². The number of rotatable bonds is 4.